The van der Waals surface area contributed by atoms with E-state index in [0.29, 0.717) is 19.7 Å². The van der Waals surface area contributed by atoms with Gasteiger partial charge < -0.3 is 19.6 Å². The fourth-order valence-corrected chi connectivity index (χ4v) is 3.10. The first kappa shape index (κ1) is 15.2. The summed E-state index contributed by atoms with van der Waals surface area (Å²) < 4.78 is 5.82. The van der Waals surface area contributed by atoms with Gasteiger partial charge in [-0.1, -0.05) is 0 Å². The molecule has 0 spiro atoms. The molecule has 1 N–H and O–H groups in total. The van der Waals surface area contributed by atoms with Gasteiger partial charge in [-0.2, -0.15) is 0 Å². The highest BCUT2D eigenvalue weighted by molar-refractivity contribution is 5.77. The molecule has 120 valence electrons. The number of hydrogen-bond donors (Lipinski definition) is 1. The monoisotopic (exact) mass is 306 g/mol. The molecule has 0 radical (unpaired) electrons. The molecule has 2 aliphatic heterocycles. The van der Waals surface area contributed by atoms with Crippen LogP contribution in [0, 0.1) is 0 Å². The lowest BCUT2D eigenvalue weighted by Crippen LogP contribution is -2.51. The van der Waals surface area contributed by atoms with Gasteiger partial charge in [0.25, 0.3) is 0 Å². The lowest BCUT2D eigenvalue weighted by atomic mass is 10.1. The van der Waals surface area contributed by atoms with Crippen molar-refractivity contribution in [2.75, 3.05) is 31.1 Å². The Kier molecular flexibility index (Phi) is 4.01. The van der Waals surface area contributed by atoms with E-state index in [1.807, 2.05) is 0 Å². The van der Waals surface area contributed by atoms with Crippen molar-refractivity contribution in [3.8, 4) is 0 Å². The van der Waals surface area contributed by atoms with Crippen molar-refractivity contribution in [2.24, 2.45) is 0 Å². The molecule has 0 unspecified atom stereocenters. The Labute approximate surface area is 129 Å². The van der Waals surface area contributed by atoms with Gasteiger partial charge in [-0.15, -0.1) is 0 Å². The second-order valence-corrected chi connectivity index (χ2v) is 6.52. The first-order valence-corrected chi connectivity index (χ1v) is 7.58. The average molecular weight is 306 g/mol. The maximum absolute atomic E-state index is 12.3. The van der Waals surface area contributed by atoms with Gasteiger partial charge in [0, 0.05) is 32.0 Å². The van der Waals surface area contributed by atoms with Crippen molar-refractivity contribution >= 4 is 11.7 Å². The van der Waals surface area contributed by atoms with Crippen LogP contribution in [0.5, 0.6) is 0 Å². The van der Waals surface area contributed by atoms with E-state index >= 15 is 0 Å². The number of likely N-dealkylation sites (tertiary alicyclic amines) is 1. The maximum Gasteiger partial charge on any atom is 0.225 e. The largest absolute Gasteiger partial charge is 0.390 e. The molecule has 0 aromatic carbocycles. The van der Waals surface area contributed by atoms with Crippen LogP contribution in [-0.2, 0) is 9.53 Å². The van der Waals surface area contributed by atoms with E-state index in [0.717, 1.165) is 12.4 Å². The Morgan fingerprint density at radius 1 is 1.45 bits per heavy atom. The second-order valence-electron chi connectivity index (χ2n) is 6.52. The van der Waals surface area contributed by atoms with Gasteiger partial charge in [0.15, 0.2) is 0 Å². The van der Waals surface area contributed by atoms with Crippen LogP contribution in [0.15, 0.2) is 18.6 Å². The van der Waals surface area contributed by atoms with Crippen molar-refractivity contribution in [1.29, 1.82) is 0 Å². The second kappa shape index (κ2) is 5.81. The number of aromatic nitrogens is 2. The van der Waals surface area contributed by atoms with Crippen LogP contribution in [0.3, 0.4) is 0 Å². The summed E-state index contributed by atoms with van der Waals surface area (Å²) in [5, 5.41) is 9.83. The molecule has 2 saturated heterocycles. The Morgan fingerprint density at radius 2 is 2.27 bits per heavy atom. The molecule has 2 aliphatic rings. The minimum absolute atomic E-state index is 0.0125. The van der Waals surface area contributed by atoms with E-state index in [2.05, 4.69) is 14.9 Å². The molecule has 2 fully saturated rings. The fourth-order valence-electron chi connectivity index (χ4n) is 3.10. The van der Waals surface area contributed by atoms with E-state index in [1.54, 1.807) is 37.3 Å². The molecule has 0 aliphatic carbocycles. The molecule has 3 heterocycles. The number of morpholine rings is 1. The summed E-state index contributed by atoms with van der Waals surface area (Å²) in [7, 11) is 0. The van der Waals surface area contributed by atoms with E-state index in [1.165, 1.54) is 0 Å². The summed E-state index contributed by atoms with van der Waals surface area (Å²) in [6.45, 7) is 5.82. The van der Waals surface area contributed by atoms with Crippen LogP contribution in [-0.4, -0.2) is 69.9 Å². The Balaban J connectivity index is 1.72. The third-order valence-corrected chi connectivity index (χ3v) is 4.08. The normalized spacial score (nSPS) is 25.2. The molecule has 7 heteroatoms. The number of amides is 1. The quantitative estimate of drug-likeness (QED) is 0.850. The number of aliphatic hydroxyl groups is 1. The van der Waals surface area contributed by atoms with Crippen LogP contribution in [0.25, 0.3) is 0 Å². The van der Waals surface area contributed by atoms with Gasteiger partial charge in [0.1, 0.15) is 5.82 Å². The summed E-state index contributed by atoms with van der Waals surface area (Å²) in [5.74, 6) is 0.780. The Bertz CT molecular complexity index is 531. The highest BCUT2D eigenvalue weighted by Crippen LogP contribution is 2.27. The number of hydrogen-bond acceptors (Lipinski definition) is 6. The van der Waals surface area contributed by atoms with Gasteiger partial charge in [-0.05, 0) is 13.8 Å². The number of ether oxygens (including phenoxy) is 1. The predicted octanol–water partition coefficient (Wildman–Crippen LogP) is 0.0536. The summed E-state index contributed by atoms with van der Waals surface area (Å²) >= 11 is 0. The molecule has 3 rings (SSSR count). The van der Waals surface area contributed by atoms with E-state index < -0.39 is 5.60 Å². The summed E-state index contributed by atoms with van der Waals surface area (Å²) in [5.41, 5.74) is -0.990. The zero-order valence-corrected chi connectivity index (χ0v) is 13.0. The van der Waals surface area contributed by atoms with Gasteiger partial charge in [-0.25, -0.2) is 4.98 Å². The lowest BCUT2D eigenvalue weighted by molar-refractivity contribution is -0.134. The Hall–Kier alpha value is -1.73. The smallest absolute Gasteiger partial charge is 0.225 e. The topological polar surface area (TPSA) is 78.8 Å². The number of rotatable bonds is 3. The summed E-state index contributed by atoms with van der Waals surface area (Å²) in [6.07, 6.45) is 5.17. The number of nitrogens with zero attached hydrogens (tertiary/aromatic N) is 4. The van der Waals surface area contributed by atoms with Gasteiger partial charge in [0.05, 0.1) is 37.0 Å². The van der Waals surface area contributed by atoms with Gasteiger partial charge in [0.2, 0.25) is 5.91 Å². The number of carbonyl (C=O) groups excluding carboxylic acids is 1. The third-order valence-electron chi connectivity index (χ3n) is 4.08. The molecule has 22 heavy (non-hydrogen) atoms. The highest BCUT2D eigenvalue weighted by atomic mass is 16.5. The van der Waals surface area contributed by atoms with Crippen molar-refractivity contribution in [3.63, 3.8) is 0 Å². The molecular weight excluding hydrogens is 284 g/mol. The highest BCUT2D eigenvalue weighted by Gasteiger charge is 2.42. The molecule has 1 amide bonds. The minimum atomic E-state index is -0.990. The van der Waals surface area contributed by atoms with Crippen molar-refractivity contribution in [1.82, 2.24) is 14.9 Å². The van der Waals surface area contributed by atoms with Crippen molar-refractivity contribution in [2.45, 2.75) is 38.0 Å². The number of anilines is 1. The summed E-state index contributed by atoms with van der Waals surface area (Å²) in [6, 6.07) is 0.0937. The van der Waals surface area contributed by atoms with Crippen LogP contribution >= 0.6 is 0 Å². The van der Waals surface area contributed by atoms with Crippen LogP contribution < -0.4 is 4.90 Å². The number of fused-ring (bicyclic) bond motifs is 1. The maximum atomic E-state index is 12.3. The molecule has 7 nitrogen and oxygen atoms in total. The van der Waals surface area contributed by atoms with Gasteiger partial charge in [-0.3, -0.25) is 9.78 Å². The molecule has 0 saturated carbocycles. The zero-order chi connectivity index (χ0) is 15.7. The lowest BCUT2D eigenvalue weighted by Gasteiger charge is -2.37. The van der Waals surface area contributed by atoms with Crippen molar-refractivity contribution in [3.05, 3.63) is 18.6 Å². The zero-order valence-electron chi connectivity index (χ0n) is 13.0. The van der Waals surface area contributed by atoms with Crippen LogP contribution in [0.2, 0.25) is 0 Å². The Morgan fingerprint density at radius 3 is 2.95 bits per heavy atom. The summed E-state index contributed by atoms with van der Waals surface area (Å²) in [4.78, 5) is 24.7. The standard InChI is InChI=1S/C15H22N4O3/c1-15(2,21)7-14(20)18-9-11-12(10-18)22-6-5-19(11)13-8-16-3-4-17-13/h3-4,8,11-12,21H,5-7,9-10H2,1-2H3/t11-,12-/m0/s1. The molecule has 0 bridgehead atoms. The number of carbonyl (C=O) groups is 1. The third kappa shape index (κ3) is 3.20. The molecular formula is C15H22N4O3. The van der Waals surface area contributed by atoms with Crippen molar-refractivity contribution < 1.29 is 14.6 Å². The average Bonchev–Trinajstić information content (AvgIpc) is 2.90. The fraction of sp³-hybridized carbons (Fsp3) is 0.667. The first-order chi connectivity index (χ1) is 10.4. The van der Waals surface area contributed by atoms with E-state index in [4.69, 9.17) is 4.74 Å². The SMILES string of the molecule is CC(C)(O)CC(=O)N1C[C@@H]2OCCN(c3cnccn3)[C@H]2C1. The van der Waals surface area contributed by atoms with Crippen LogP contribution in [0.4, 0.5) is 5.82 Å². The van der Waals surface area contributed by atoms with Crippen LogP contribution in [0.1, 0.15) is 20.3 Å². The molecule has 2 atom stereocenters. The van der Waals surface area contributed by atoms with E-state index in [-0.39, 0.29) is 24.5 Å². The molecule has 1 aromatic rings. The minimum Gasteiger partial charge on any atom is -0.390 e. The molecule has 1 aromatic heterocycles. The predicted molar refractivity (Wildman–Crippen MR) is 80.4 cm³/mol. The van der Waals surface area contributed by atoms with Gasteiger partial charge >= 0.3 is 0 Å². The first-order valence-electron chi connectivity index (χ1n) is 7.58. The van der Waals surface area contributed by atoms with E-state index in [9.17, 15) is 9.90 Å².